The minimum absolute atomic E-state index is 0.307. The summed E-state index contributed by atoms with van der Waals surface area (Å²) in [5.41, 5.74) is 7.90. The first-order valence-electron chi connectivity index (χ1n) is 6.53. The molecule has 96 valence electrons. The van der Waals surface area contributed by atoms with Gasteiger partial charge in [-0.15, -0.1) is 11.3 Å². The number of hydrogen-bond acceptors (Lipinski definition) is 3. The summed E-state index contributed by atoms with van der Waals surface area (Å²) in [5.74, 6) is 0. The summed E-state index contributed by atoms with van der Waals surface area (Å²) >= 11 is 1.90. The Morgan fingerprint density at radius 2 is 2.29 bits per heavy atom. The maximum absolute atomic E-state index is 6.18. The zero-order valence-electron chi connectivity index (χ0n) is 11.2. The summed E-state index contributed by atoms with van der Waals surface area (Å²) in [6.45, 7) is 8.73. The van der Waals surface area contributed by atoms with Crippen molar-refractivity contribution in [3.05, 3.63) is 21.4 Å². The number of hydrogen-bond donors (Lipinski definition) is 2. The van der Waals surface area contributed by atoms with Crippen molar-refractivity contribution in [2.75, 3.05) is 6.54 Å². The summed E-state index contributed by atoms with van der Waals surface area (Å²) in [6, 6.07) is 2.67. The van der Waals surface area contributed by atoms with Gasteiger partial charge in [0.15, 0.2) is 0 Å². The topological polar surface area (TPSA) is 38.0 Å². The smallest absolute Gasteiger partial charge is 0.0300 e. The molecule has 0 radical (unpaired) electrons. The van der Waals surface area contributed by atoms with Gasteiger partial charge >= 0.3 is 0 Å². The molecule has 3 heteroatoms. The van der Waals surface area contributed by atoms with Gasteiger partial charge in [0.05, 0.1) is 0 Å². The average Bonchev–Trinajstić information content (AvgIpc) is 2.74. The molecule has 1 aromatic rings. The Morgan fingerprint density at radius 3 is 2.82 bits per heavy atom. The lowest BCUT2D eigenvalue weighted by atomic mass is 9.85. The van der Waals surface area contributed by atoms with E-state index in [9.17, 15) is 0 Å². The molecule has 0 aromatic carbocycles. The van der Waals surface area contributed by atoms with Crippen molar-refractivity contribution in [1.29, 1.82) is 0 Å². The molecule has 17 heavy (non-hydrogen) atoms. The highest BCUT2D eigenvalue weighted by Crippen LogP contribution is 2.36. The highest BCUT2D eigenvalue weighted by molar-refractivity contribution is 7.12. The monoisotopic (exact) mass is 252 g/mol. The van der Waals surface area contributed by atoms with Crippen molar-refractivity contribution in [3.63, 3.8) is 0 Å². The van der Waals surface area contributed by atoms with Gasteiger partial charge in [-0.05, 0) is 43.7 Å². The molecular formula is C14H24N2S. The van der Waals surface area contributed by atoms with E-state index >= 15 is 0 Å². The predicted octanol–water partition coefficient (Wildman–Crippen LogP) is 2.97. The Balaban J connectivity index is 1.83. The summed E-state index contributed by atoms with van der Waals surface area (Å²) in [4.78, 5) is 2.88. The van der Waals surface area contributed by atoms with E-state index in [-0.39, 0.29) is 0 Å². The molecule has 2 rings (SSSR count). The fraction of sp³-hybridized carbons (Fsp3) is 0.714. The van der Waals surface area contributed by atoms with E-state index in [2.05, 4.69) is 32.2 Å². The molecule has 0 saturated heterocycles. The fourth-order valence-corrected chi connectivity index (χ4v) is 3.71. The molecular weight excluding hydrogens is 228 g/mol. The molecule has 0 amide bonds. The predicted molar refractivity (Wildman–Crippen MR) is 75.4 cm³/mol. The lowest BCUT2D eigenvalue weighted by Crippen LogP contribution is -2.42. The fourth-order valence-electron chi connectivity index (χ4n) is 2.69. The molecule has 3 N–H and O–H groups in total. The van der Waals surface area contributed by atoms with Crippen LogP contribution in [-0.4, -0.2) is 12.6 Å². The third-order valence-corrected chi connectivity index (χ3v) is 5.36. The van der Waals surface area contributed by atoms with Gasteiger partial charge < -0.3 is 11.1 Å². The second kappa shape index (κ2) is 5.09. The number of nitrogens with two attached hydrogens (primary N) is 1. The lowest BCUT2D eigenvalue weighted by Gasteiger charge is -2.29. The van der Waals surface area contributed by atoms with E-state index in [1.165, 1.54) is 34.6 Å². The van der Waals surface area contributed by atoms with Crippen molar-refractivity contribution in [2.24, 2.45) is 11.1 Å². The Hall–Kier alpha value is -0.380. The van der Waals surface area contributed by atoms with Crippen LogP contribution in [0.2, 0.25) is 0 Å². The lowest BCUT2D eigenvalue weighted by molar-refractivity contribution is 0.277. The molecule has 1 fully saturated rings. The first-order chi connectivity index (χ1) is 8.01. The molecule has 2 atom stereocenters. The summed E-state index contributed by atoms with van der Waals surface area (Å²) in [7, 11) is 0. The van der Waals surface area contributed by atoms with Crippen LogP contribution >= 0.6 is 11.3 Å². The molecule has 1 saturated carbocycles. The van der Waals surface area contributed by atoms with Crippen LogP contribution in [-0.2, 0) is 6.54 Å². The summed E-state index contributed by atoms with van der Waals surface area (Å²) in [6.07, 6.45) is 3.75. The van der Waals surface area contributed by atoms with Gasteiger partial charge in [-0.25, -0.2) is 0 Å². The van der Waals surface area contributed by atoms with Crippen LogP contribution < -0.4 is 11.1 Å². The maximum atomic E-state index is 6.18. The quantitative estimate of drug-likeness (QED) is 0.864. The van der Waals surface area contributed by atoms with Gasteiger partial charge in [0, 0.05) is 28.9 Å². The van der Waals surface area contributed by atoms with Gasteiger partial charge in [-0.3, -0.25) is 0 Å². The van der Waals surface area contributed by atoms with E-state index in [0.29, 0.717) is 11.5 Å². The van der Waals surface area contributed by atoms with Gasteiger partial charge in [0.25, 0.3) is 0 Å². The summed E-state index contributed by atoms with van der Waals surface area (Å²) < 4.78 is 0. The molecule has 0 spiro atoms. The van der Waals surface area contributed by atoms with Gasteiger partial charge in [-0.2, -0.15) is 0 Å². The zero-order valence-corrected chi connectivity index (χ0v) is 12.0. The molecule has 1 aliphatic rings. The van der Waals surface area contributed by atoms with Crippen LogP contribution in [0.1, 0.15) is 41.5 Å². The van der Waals surface area contributed by atoms with Crippen LogP contribution in [0.4, 0.5) is 0 Å². The Bertz CT molecular complexity index is 366. The maximum Gasteiger partial charge on any atom is 0.0300 e. The third-order valence-electron chi connectivity index (χ3n) is 4.20. The van der Waals surface area contributed by atoms with Crippen molar-refractivity contribution < 1.29 is 0 Å². The largest absolute Gasteiger partial charge is 0.327 e. The number of nitrogens with one attached hydrogen (secondary N) is 1. The number of rotatable bonds is 4. The van der Waals surface area contributed by atoms with Crippen LogP contribution in [0.5, 0.6) is 0 Å². The molecule has 2 nitrogen and oxygen atoms in total. The van der Waals surface area contributed by atoms with Crippen molar-refractivity contribution in [1.82, 2.24) is 5.32 Å². The minimum Gasteiger partial charge on any atom is -0.327 e. The van der Waals surface area contributed by atoms with Crippen LogP contribution in [0.25, 0.3) is 0 Å². The minimum atomic E-state index is 0.307. The van der Waals surface area contributed by atoms with Crippen LogP contribution in [0.15, 0.2) is 6.07 Å². The average molecular weight is 252 g/mol. The molecule has 1 heterocycles. The first kappa shape index (κ1) is 13.1. The second-order valence-electron chi connectivity index (χ2n) is 5.71. The number of thiophene rings is 1. The van der Waals surface area contributed by atoms with Gasteiger partial charge in [0.1, 0.15) is 0 Å². The standard InChI is InChI=1S/C14H24N2S/c1-10-7-12(17-11(10)2)8-16-9-14(3)6-4-5-13(14)15/h7,13,16H,4-6,8-9,15H2,1-3H3. The van der Waals surface area contributed by atoms with E-state index < -0.39 is 0 Å². The molecule has 0 bridgehead atoms. The van der Waals surface area contributed by atoms with Crippen molar-refractivity contribution >= 4 is 11.3 Å². The molecule has 2 unspecified atom stereocenters. The van der Waals surface area contributed by atoms with Crippen LogP contribution in [0.3, 0.4) is 0 Å². The molecule has 1 aromatic heterocycles. The second-order valence-corrected chi connectivity index (χ2v) is 7.05. The third kappa shape index (κ3) is 2.90. The van der Waals surface area contributed by atoms with E-state index in [0.717, 1.165) is 13.1 Å². The summed E-state index contributed by atoms with van der Waals surface area (Å²) in [5, 5.41) is 3.59. The highest BCUT2D eigenvalue weighted by Gasteiger charge is 2.35. The Morgan fingerprint density at radius 1 is 1.53 bits per heavy atom. The SMILES string of the molecule is Cc1cc(CNCC2(C)CCCC2N)sc1C. The highest BCUT2D eigenvalue weighted by atomic mass is 32.1. The van der Waals surface area contributed by atoms with Gasteiger partial charge in [0.2, 0.25) is 0 Å². The number of aryl methyl sites for hydroxylation is 2. The molecule has 0 aliphatic heterocycles. The van der Waals surface area contributed by atoms with Gasteiger partial charge in [-0.1, -0.05) is 13.3 Å². The van der Waals surface area contributed by atoms with E-state index in [1.807, 2.05) is 11.3 Å². The Kier molecular flexibility index (Phi) is 3.91. The van der Waals surface area contributed by atoms with E-state index in [1.54, 1.807) is 0 Å². The van der Waals surface area contributed by atoms with Crippen molar-refractivity contribution in [3.8, 4) is 0 Å². The molecule has 1 aliphatic carbocycles. The zero-order chi connectivity index (χ0) is 12.5. The van der Waals surface area contributed by atoms with Crippen molar-refractivity contribution in [2.45, 2.75) is 52.6 Å². The normalized spacial score (nSPS) is 28.8. The van der Waals surface area contributed by atoms with E-state index in [4.69, 9.17) is 5.73 Å². The first-order valence-corrected chi connectivity index (χ1v) is 7.35. The Labute approximate surface area is 109 Å². The van der Waals surface area contributed by atoms with Crippen LogP contribution in [0, 0.1) is 19.3 Å².